The summed E-state index contributed by atoms with van der Waals surface area (Å²) in [6.45, 7) is 5.75. The molecule has 0 aliphatic heterocycles. The molecule has 0 N–H and O–H groups in total. The van der Waals surface area contributed by atoms with Gasteiger partial charge in [0, 0.05) is 19.7 Å². The van der Waals surface area contributed by atoms with E-state index < -0.39 is 0 Å². The summed E-state index contributed by atoms with van der Waals surface area (Å²) in [5.41, 5.74) is 1.16. The topological polar surface area (TPSA) is 29.5 Å². The van der Waals surface area contributed by atoms with Gasteiger partial charge < -0.3 is 9.64 Å². The van der Waals surface area contributed by atoms with Crippen LogP contribution < -0.4 is 0 Å². The Bertz CT molecular complexity index is 371. The van der Waals surface area contributed by atoms with Gasteiger partial charge in [0.1, 0.15) is 6.26 Å². The van der Waals surface area contributed by atoms with Crippen LogP contribution in [0.5, 0.6) is 0 Å². The lowest BCUT2D eigenvalue weighted by atomic mass is 10.2. The molecule has 0 saturated heterocycles. The van der Waals surface area contributed by atoms with Gasteiger partial charge in [-0.05, 0) is 11.8 Å². The summed E-state index contributed by atoms with van der Waals surface area (Å²) < 4.78 is 4.70. The van der Waals surface area contributed by atoms with Crippen LogP contribution in [0.2, 0.25) is 0 Å². The predicted octanol–water partition coefficient (Wildman–Crippen LogP) is 2.67. The van der Waals surface area contributed by atoms with Gasteiger partial charge in [-0.25, -0.2) is 0 Å². The molecular weight excluding hydrogens is 202 g/mol. The van der Waals surface area contributed by atoms with Crippen LogP contribution in [0.25, 0.3) is 0 Å². The number of benzene rings is 1. The van der Waals surface area contributed by atoms with Gasteiger partial charge in [0.15, 0.2) is 0 Å². The zero-order chi connectivity index (χ0) is 11.8. The number of ether oxygens (including phenoxy) is 1. The van der Waals surface area contributed by atoms with Crippen LogP contribution >= 0.6 is 0 Å². The molecule has 0 aliphatic rings. The van der Waals surface area contributed by atoms with Gasteiger partial charge in [-0.3, -0.25) is 4.79 Å². The summed E-state index contributed by atoms with van der Waals surface area (Å²) in [6, 6.07) is 9.97. The van der Waals surface area contributed by atoms with Crippen molar-refractivity contribution < 1.29 is 9.53 Å². The fourth-order valence-electron chi connectivity index (χ4n) is 1.18. The Morgan fingerprint density at radius 3 is 2.69 bits per heavy atom. The van der Waals surface area contributed by atoms with Gasteiger partial charge in [0.05, 0.1) is 0 Å². The van der Waals surface area contributed by atoms with E-state index >= 15 is 0 Å². The van der Waals surface area contributed by atoms with E-state index in [1.54, 1.807) is 12.4 Å². The minimum Gasteiger partial charge on any atom is -0.433 e. The highest BCUT2D eigenvalue weighted by Gasteiger charge is 1.96. The van der Waals surface area contributed by atoms with Gasteiger partial charge in [0.25, 0.3) is 0 Å². The summed E-state index contributed by atoms with van der Waals surface area (Å²) in [5.74, 6) is -0.333. The van der Waals surface area contributed by atoms with Crippen molar-refractivity contribution in [3.05, 3.63) is 61.1 Å². The molecule has 0 unspecified atom stereocenters. The van der Waals surface area contributed by atoms with Crippen LogP contribution in [-0.2, 0) is 16.1 Å². The Hall–Kier alpha value is -2.03. The minimum absolute atomic E-state index is 0.333. The first-order valence-electron chi connectivity index (χ1n) is 4.98. The van der Waals surface area contributed by atoms with Crippen LogP contribution in [0.3, 0.4) is 0 Å². The summed E-state index contributed by atoms with van der Waals surface area (Å²) in [4.78, 5) is 12.4. The molecule has 0 aromatic heterocycles. The molecule has 0 atom stereocenters. The zero-order valence-electron chi connectivity index (χ0n) is 9.30. The fraction of sp³-hybridized carbons (Fsp3) is 0.154. The summed E-state index contributed by atoms with van der Waals surface area (Å²) in [5, 5.41) is 0. The number of hydrogen-bond acceptors (Lipinski definition) is 3. The zero-order valence-corrected chi connectivity index (χ0v) is 9.30. The average Bonchev–Trinajstić information content (AvgIpc) is 2.28. The van der Waals surface area contributed by atoms with Crippen LogP contribution in [0.4, 0.5) is 0 Å². The Morgan fingerprint density at radius 2 is 2.12 bits per heavy atom. The highest BCUT2D eigenvalue weighted by atomic mass is 16.5. The first-order valence-corrected chi connectivity index (χ1v) is 4.98. The number of rotatable bonds is 5. The summed E-state index contributed by atoms with van der Waals surface area (Å²) >= 11 is 0. The summed E-state index contributed by atoms with van der Waals surface area (Å²) in [7, 11) is 0. The Morgan fingerprint density at radius 1 is 1.44 bits per heavy atom. The van der Waals surface area contributed by atoms with Crippen molar-refractivity contribution in [3.63, 3.8) is 0 Å². The maximum absolute atomic E-state index is 10.6. The molecule has 0 radical (unpaired) electrons. The molecule has 0 heterocycles. The third-order valence-electron chi connectivity index (χ3n) is 1.93. The Labute approximate surface area is 95.6 Å². The highest BCUT2D eigenvalue weighted by molar-refractivity contribution is 5.66. The maximum Gasteiger partial charge on any atom is 0.307 e. The molecule has 1 aromatic rings. The van der Waals surface area contributed by atoms with Gasteiger partial charge >= 0.3 is 5.97 Å². The third-order valence-corrected chi connectivity index (χ3v) is 1.93. The second-order valence-electron chi connectivity index (χ2n) is 3.24. The lowest BCUT2D eigenvalue weighted by molar-refractivity contribution is -0.135. The number of esters is 1. The smallest absolute Gasteiger partial charge is 0.307 e. The van der Waals surface area contributed by atoms with Crippen LogP contribution in [0, 0.1) is 0 Å². The SMILES string of the molecule is C=CN(C=COC(C)=O)Cc1ccccc1. The van der Waals surface area contributed by atoms with Crippen molar-refractivity contribution >= 4 is 5.97 Å². The first kappa shape index (κ1) is 12.0. The monoisotopic (exact) mass is 217 g/mol. The molecule has 0 spiro atoms. The van der Waals surface area contributed by atoms with Gasteiger partial charge in [-0.15, -0.1) is 0 Å². The average molecular weight is 217 g/mol. The van der Waals surface area contributed by atoms with Crippen LogP contribution in [-0.4, -0.2) is 10.9 Å². The van der Waals surface area contributed by atoms with Crippen LogP contribution in [0.1, 0.15) is 12.5 Å². The lowest BCUT2D eigenvalue weighted by Crippen LogP contribution is -2.08. The molecule has 1 rings (SSSR count). The van der Waals surface area contributed by atoms with Crippen molar-refractivity contribution in [1.82, 2.24) is 4.90 Å². The Kier molecular flexibility index (Phi) is 4.86. The van der Waals surface area contributed by atoms with E-state index in [1.165, 1.54) is 13.2 Å². The van der Waals surface area contributed by atoms with Crippen molar-refractivity contribution in [2.24, 2.45) is 0 Å². The fourth-order valence-corrected chi connectivity index (χ4v) is 1.18. The van der Waals surface area contributed by atoms with E-state index in [9.17, 15) is 4.79 Å². The van der Waals surface area contributed by atoms with E-state index in [2.05, 4.69) is 6.58 Å². The first-order chi connectivity index (χ1) is 7.72. The number of carbonyl (C=O) groups excluding carboxylic acids is 1. The molecule has 1 aromatic carbocycles. The van der Waals surface area contributed by atoms with Gasteiger partial charge in [-0.2, -0.15) is 0 Å². The molecule has 0 fully saturated rings. The Balaban J connectivity index is 2.53. The molecule has 0 amide bonds. The maximum atomic E-state index is 10.6. The largest absolute Gasteiger partial charge is 0.433 e. The predicted molar refractivity (Wildman–Crippen MR) is 63.1 cm³/mol. The van der Waals surface area contributed by atoms with Crippen molar-refractivity contribution in [2.75, 3.05) is 0 Å². The molecule has 84 valence electrons. The van der Waals surface area contributed by atoms with Crippen molar-refractivity contribution in [3.8, 4) is 0 Å². The number of nitrogens with zero attached hydrogens (tertiary/aromatic N) is 1. The second-order valence-corrected chi connectivity index (χ2v) is 3.24. The van der Waals surface area contributed by atoms with E-state index in [-0.39, 0.29) is 5.97 Å². The molecule has 16 heavy (non-hydrogen) atoms. The standard InChI is InChI=1S/C13H15NO2/c1-3-14(9-10-16-12(2)15)11-13-7-5-4-6-8-13/h3-10H,1,11H2,2H3. The van der Waals surface area contributed by atoms with Crippen LogP contribution in [0.15, 0.2) is 55.6 Å². The van der Waals surface area contributed by atoms with Crippen molar-refractivity contribution in [2.45, 2.75) is 13.5 Å². The highest BCUT2D eigenvalue weighted by Crippen LogP contribution is 2.04. The number of carbonyl (C=O) groups is 1. The van der Waals surface area contributed by atoms with E-state index in [0.29, 0.717) is 6.54 Å². The molecule has 0 saturated carbocycles. The molecule has 3 heteroatoms. The van der Waals surface area contributed by atoms with E-state index in [4.69, 9.17) is 4.74 Å². The third kappa shape index (κ3) is 4.46. The van der Waals surface area contributed by atoms with E-state index in [1.807, 2.05) is 35.2 Å². The van der Waals surface area contributed by atoms with E-state index in [0.717, 1.165) is 5.56 Å². The van der Waals surface area contributed by atoms with Crippen molar-refractivity contribution in [1.29, 1.82) is 0 Å². The molecule has 3 nitrogen and oxygen atoms in total. The lowest BCUT2D eigenvalue weighted by Gasteiger charge is -2.14. The quantitative estimate of drug-likeness (QED) is 0.561. The molecular formula is C13H15NO2. The second kappa shape index (κ2) is 6.45. The van der Waals surface area contributed by atoms with Gasteiger partial charge in [-0.1, -0.05) is 36.9 Å². The minimum atomic E-state index is -0.333. The van der Waals surface area contributed by atoms with Gasteiger partial charge in [0.2, 0.25) is 0 Å². The normalized spacial score (nSPS) is 10.1. The molecule has 0 aliphatic carbocycles. The number of hydrogen-bond donors (Lipinski definition) is 0. The molecule has 0 bridgehead atoms. The summed E-state index contributed by atoms with van der Waals surface area (Å²) in [6.07, 6.45) is 4.70.